The van der Waals surface area contributed by atoms with E-state index in [4.69, 9.17) is 11.6 Å². The lowest BCUT2D eigenvalue weighted by atomic mass is 10.1. The molecule has 29 heavy (non-hydrogen) atoms. The van der Waals surface area contributed by atoms with E-state index >= 15 is 4.39 Å². The first-order chi connectivity index (χ1) is 13.8. The van der Waals surface area contributed by atoms with Gasteiger partial charge in [0.15, 0.2) is 0 Å². The monoisotopic (exact) mass is 421 g/mol. The summed E-state index contributed by atoms with van der Waals surface area (Å²) in [5, 5.41) is 9.63. The third-order valence-electron chi connectivity index (χ3n) is 6.05. The van der Waals surface area contributed by atoms with Crippen LogP contribution in [-0.2, 0) is 0 Å². The molecule has 0 bridgehead atoms. The molecule has 8 heteroatoms. The van der Waals surface area contributed by atoms with Gasteiger partial charge in [0.1, 0.15) is 11.4 Å². The number of fused-ring (bicyclic) bond motifs is 1. The number of hydrogen-bond donors (Lipinski definition) is 1. The molecule has 0 amide bonds. The van der Waals surface area contributed by atoms with Crippen LogP contribution in [0.2, 0.25) is 5.02 Å². The van der Waals surface area contributed by atoms with E-state index in [9.17, 15) is 14.7 Å². The van der Waals surface area contributed by atoms with Crippen molar-refractivity contribution in [1.29, 1.82) is 0 Å². The summed E-state index contributed by atoms with van der Waals surface area (Å²) < 4.78 is 17.0. The number of anilines is 1. The van der Waals surface area contributed by atoms with Gasteiger partial charge in [0.2, 0.25) is 5.43 Å². The lowest BCUT2D eigenvalue weighted by Crippen LogP contribution is -2.39. The molecule has 2 aromatic rings. The normalized spacial score (nSPS) is 20.3. The Bertz CT molecular complexity index is 1030. The number of benzene rings is 1. The molecule has 2 fully saturated rings. The van der Waals surface area contributed by atoms with Gasteiger partial charge in [-0.05, 0) is 45.8 Å². The second kappa shape index (κ2) is 7.61. The van der Waals surface area contributed by atoms with Crippen molar-refractivity contribution in [2.45, 2.75) is 44.2 Å². The van der Waals surface area contributed by atoms with E-state index < -0.39 is 17.2 Å². The Labute approximate surface area is 173 Å². The third kappa shape index (κ3) is 3.62. The largest absolute Gasteiger partial charge is 0.477 e. The zero-order chi connectivity index (χ0) is 20.9. The highest BCUT2D eigenvalue weighted by molar-refractivity contribution is 6.38. The molecule has 6 nitrogen and oxygen atoms in total. The van der Waals surface area contributed by atoms with Crippen LogP contribution >= 0.6 is 11.6 Å². The molecule has 0 spiro atoms. The van der Waals surface area contributed by atoms with Crippen molar-refractivity contribution in [3.8, 4) is 0 Å². The first-order valence-electron chi connectivity index (χ1n) is 10.0. The van der Waals surface area contributed by atoms with Crippen molar-refractivity contribution >= 4 is 34.2 Å². The summed E-state index contributed by atoms with van der Waals surface area (Å²) in [4.78, 5) is 28.4. The van der Waals surface area contributed by atoms with Crippen molar-refractivity contribution in [2.24, 2.45) is 0 Å². The molecule has 156 valence electrons. The molecule has 1 aliphatic heterocycles. The second-order valence-corrected chi connectivity index (χ2v) is 8.67. The van der Waals surface area contributed by atoms with Gasteiger partial charge in [-0.2, -0.15) is 0 Å². The Morgan fingerprint density at radius 1 is 1.28 bits per heavy atom. The molecular weight excluding hydrogens is 397 g/mol. The lowest BCUT2D eigenvalue weighted by molar-refractivity contribution is 0.0695. The standard InChI is InChI=1S/C21H25ClFN3O3/c1-24(2)13-5-3-4-8-25(10-13)19-16(23)9-14-18(17(19)22)26(12-6-7-12)11-15(20(14)27)21(28)29/h9,11-13H,3-8,10H2,1-2H3,(H,28,29). The molecule has 1 aromatic heterocycles. The highest BCUT2D eigenvalue weighted by Gasteiger charge is 2.31. The van der Waals surface area contributed by atoms with Crippen LogP contribution in [0, 0.1) is 5.82 Å². The van der Waals surface area contributed by atoms with Crippen molar-refractivity contribution in [3.63, 3.8) is 0 Å². The average molecular weight is 422 g/mol. The summed E-state index contributed by atoms with van der Waals surface area (Å²) in [6.07, 6.45) is 6.15. The molecular formula is C21H25ClFN3O3. The molecule has 0 radical (unpaired) electrons. The Hall–Kier alpha value is -2.12. The molecule has 4 rings (SSSR count). The van der Waals surface area contributed by atoms with Crippen LogP contribution in [0.15, 0.2) is 17.1 Å². The van der Waals surface area contributed by atoms with E-state index in [0.717, 1.165) is 32.1 Å². The first-order valence-corrected chi connectivity index (χ1v) is 10.4. The van der Waals surface area contributed by atoms with Crippen molar-refractivity contribution in [1.82, 2.24) is 9.47 Å². The van der Waals surface area contributed by atoms with Gasteiger partial charge >= 0.3 is 5.97 Å². The van der Waals surface area contributed by atoms with Crippen molar-refractivity contribution in [2.75, 3.05) is 32.1 Å². The Kier molecular flexibility index (Phi) is 5.29. The van der Waals surface area contributed by atoms with Crippen LogP contribution in [0.25, 0.3) is 10.9 Å². The number of carboxylic acids is 1. The summed E-state index contributed by atoms with van der Waals surface area (Å²) in [6, 6.07) is 1.54. The number of likely N-dealkylation sites (N-methyl/N-ethyl adjacent to an activating group) is 1. The lowest BCUT2D eigenvalue weighted by Gasteiger charge is -2.31. The Morgan fingerprint density at radius 3 is 2.62 bits per heavy atom. The van der Waals surface area contributed by atoms with Gasteiger partial charge in [-0.3, -0.25) is 4.79 Å². The number of aromatic carboxylic acids is 1. The second-order valence-electron chi connectivity index (χ2n) is 8.29. The van der Waals surface area contributed by atoms with Crippen LogP contribution in [-0.4, -0.2) is 53.8 Å². The van der Waals surface area contributed by atoms with Crippen molar-refractivity contribution < 1.29 is 14.3 Å². The van der Waals surface area contributed by atoms with Crippen LogP contribution < -0.4 is 10.3 Å². The molecule has 1 N–H and O–H groups in total. The number of rotatable bonds is 4. The van der Waals surface area contributed by atoms with Gasteiger partial charge < -0.3 is 19.5 Å². The molecule has 1 atom stereocenters. The summed E-state index contributed by atoms with van der Waals surface area (Å²) in [7, 11) is 4.04. The summed E-state index contributed by atoms with van der Waals surface area (Å²) >= 11 is 6.74. The molecule has 1 saturated heterocycles. The molecule has 1 unspecified atom stereocenters. The predicted octanol–water partition coefficient (Wildman–Crippen LogP) is 3.75. The molecule has 1 saturated carbocycles. The van der Waals surface area contributed by atoms with E-state index in [1.807, 2.05) is 19.0 Å². The predicted molar refractivity (Wildman–Crippen MR) is 112 cm³/mol. The highest BCUT2D eigenvalue weighted by atomic mass is 35.5. The maximum atomic E-state index is 15.3. The van der Waals surface area contributed by atoms with E-state index in [1.165, 1.54) is 12.3 Å². The summed E-state index contributed by atoms with van der Waals surface area (Å²) in [6.45, 7) is 1.34. The zero-order valence-electron chi connectivity index (χ0n) is 16.6. The number of pyridine rings is 1. The van der Waals surface area contributed by atoms with Crippen LogP contribution in [0.1, 0.15) is 48.5 Å². The van der Waals surface area contributed by atoms with Gasteiger partial charge in [-0.25, -0.2) is 9.18 Å². The molecule has 1 aliphatic carbocycles. The van der Waals surface area contributed by atoms with Gasteiger partial charge in [0, 0.05) is 31.4 Å². The molecule has 2 aliphatic rings. The number of hydrogen-bond acceptors (Lipinski definition) is 4. The van der Waals surface area contributed by atoms with Gasteiger partial charge in [-0.1, -0.05) is 18.0 Å². The number of nitrogens with zero attached hydrogens (tertiary/aromatic N) is 3. The smallest absolute Gasteiger partial charge is 0.341 e. The zero-order valence-corrected chi connectivity index (χ0v) is 17.4. The maximum Gasteiger partial charge on any atom is 0.341 e. The first kappa shape index (κ1) is 20.2. The quantitative estimate of drug-likeness (QED) is 0.814. The fourth-order valence-corrected chi connectivity index (χ4v) is 4.67. The number of carboxylic acid groups (broad SMARTS) is 1. The van der Waals surface area contributed by atoms with E-state index in [1.54, 1.807) is 4.57 Å². The number of halogens is 2. The van der Waals surface area contributed by atoms with Crippen molar-refractivity contribution in [3.05, 3.63) is 38.9 Å². The van der Waals surface area contributed by atoms with Gasteiger partial charge in [0.25, 0.3) is 0 Å². The minimum absolute atomic E-state index is 0.0297. The highest BCUT2D eigenvalue weighted by Crippen LogP contribution is 2.42. The van der Waals surface area contributed by atoms with Crippen LogP contribution in [0.3, 0.4) is 0 Å². The van der Waals surface area contributed by atoms with E-state index in [0.29, 0.717) is 24.3 Å². The van der Waals surface area contributed by atoms with Crippen LogP contribution in [0.5, 0.6) is 0 Å². The number of carbonyl (C=O) groups is 1. The maximum absolute atomic E-state index is 15.3. The summed E-state index contributed by atoms with van der Waals surface area (Å²) in [5.41, 5.74) is -0.301. The Morgan fingerprint density at radius 2 is 2.00 bits per heavy atom. The average Bonchev–Trinajstić information content (AvgIpc) is 3.49. The van der Waals surface area contributed by atoms with Crippen LogP contribution in [0.4, 0.5) is 10.1 Å². The number of aromatic nitrogens is 1. The Balaban J connectivity index is 1.93. The molecule has 2 heterocycles. The van der Waals surface area contributed by atoms with E-state index in [-0.39, 0.29) is 28.1 Å². The van der Waals surface area contributed by atoms with Gasteiger partial charge in [-0.15, -0.1) is 0 Å². The fraction of sp³-hybridized carbons (Fsp3) is 0.524. The topological polar surface area (TPSA) is 65.8 Å². The molecule has 1 aromatic carbocycles. The summed E-state index contributed by atoms with van der Waals surface area (Å²) in [5.74, 6) is -1.89. The minimum Gasteiger partial charge on any atom is -0.477 e. The SMILES string of the molecule is CN(C)C1CCCCN(c2c(F)cc3c(=O)c(C(=O)O)cn(C4CC4)c3c2Cl)C1. The third-order valence-corrected chi connectivity index (χ3v) is 6.41. The van der Waals surface area contributed by atoms with E-state index in [2.05, 4.69) is 4.90 Å². The minimum atomic E-state index is -1.31. The van der Waals surface area contributed by atoms with Gasteiger partial charge in [0.05, 0.1) is 21.6 Å². The fourth-order valence-electron chi connectivity index (χ4n) is 4.26.